The van der Waals surface area contributed by atoms with Crippen molar-refractivity contribution in [2.24, 2.45) is 0 Å². The third-order valence-corrected chi connectivity index (χ3v) is 5.90. The van der Waals surface area contributed by atoms with Crippen molar-refractivity contribution in [1.29, 1.82) is 0 Å². The molecule has 3 nitrogen and oxygen atoms in total. The molecule has 0 bridgehead atoms. The summed E-state index contributed by atoms with van der Waals surface area (Å²) in [5.74, 6) is 0.432. The Morgan fingerprint density at radius 3 is 2.32 bits per heavy atom. The topological polar surface area (TPSA) is 46.2 Å². The Morgan fingerprint density at radius 2 is 1.73 bits per heavy atom. The molecule has 0 amide bonds. The van der Waals surface area contributed by atoms with E-state index in [4.69, 9.17) is 0 Å². The summed E-state index contributed by atoms with van der Waals surface area (Å²) in [6.45, 7) is 4.26. The van der Waals surface area contributed by atoms with E-state index in [0.717, 1.165) is 16.9 Å². The Kier molecular flexibility index (Phi) is 5.53. The summed E-state index contributed by atoms with van der Waals surface area (Å²) < 4.78 is 27.7. The van der Waals surface area contributed by atoms with Crippen LogP contribution in [0.4, 0.5) is 5.69 Å². The number of hydrogen-bond acceptors (Lipinski definition) is 3. The highest BCUT2D eigenvalue weighted by Gasteiger charge is 2.16. The van der Waals surface area contributed by atoms with E-state index in [9.17, 15) is 8.42 Å². The largest absolute Gasteiger partial charge is 0.278 e. The third kappa shape index (κ3) is 3.84. The molecule has 2 rings (SSSR count). The van der Waals surface area contributed by atoms with Crippen LogP contribution >= 0.6 is 11.8 Å². The average molecular weight is 335 g/mol. The molecule has 0 radical (unpaired) electrons. The van der Waals surface area contributed by atoms with Crippen molar-refractivity contribution in [3.05, 3.63) is 54.1 Å². The second-order valence-electron chi connectivity index (χ2n) is 5.18. The Bertz CT molecular complexity index is 725. The van der Waals surface area contributed by atoms with E-state index in [1.165, 1.54) is 11.8 Å². The zero-order valence-electron chi connectivity index (χ0n) is 13.0. The monoisotopic (exact) mass is 335 g/mol. The van der Waals surface area contributed by atoms with Crippen molar-refractivity contribution >= 4 is 27.5 Å². The van der Waals surface area contributed by atoms with Crippen molar-refractivity contribution in [3.8, 4) is 0 Å². The fourth-order valence-electron chi connectivity index (χ4n) is 2.14. The van der Waals surface area contributed by atoms with Gasteiger partial charge in [-0.15, -0.1) is 11.8 Å². The summed E-state index contributed by atoms with van der Waals surface area (Å²) in [4.78, 5) is 1.19. The molecule has 0 saturated heterocycles. The Balaban J connectivity index is 2.27. The van der Waals surface area contributed by atoms with Gasteiger partial charge in [-0.3, -0.25) is 4.72 Å². The van der Waals surface area contributed by atoms with Gasteiger partial charge >= 0.3 is 0 Å². The number of anilines is 1. The first-order chi connectivity index (χ1) is 10.5. The molecule has 1 atom stereocenters. The van der Waals surface area contributed by atoms with Crippen molar-refractivity contribution in [1.82, 2.24) is 0 Å². The molecule has 5 heteroatoms. The normalized spacial score (nSPS) is 12.9. The molecule has 0 aliphatic carbocycles. The van der Waals surface area contributed by atoms with Gasteiger partial charge in [0.05, 0.1) is 10.6 Å². The SMILES string of the molecule is CC[C@H](C)c1ccc(S(=O)(=O)Nc2ccccc2SC)cc1. The summed E-state index contributed by atoms with van der Waals surface area (Å²) in [7, 11) is -3.56. The molecule has 0 spiro atoms. The van der Waals surface area contributed by atoms with Gasteiger partial charge in [-0.2, -0.15) is 0 Å². The summed E-state index contributed by atoms with van der Waals surface area (Å²) >= 11 is 1.51. The fraction of sp³-hybridized carbons (Fsp3) is 0.294. The van der Waals surface area contributed by atoms with E-state index in [0.29, 0.717) is 11.6 Å². The number of para-hydroxylation sites is 1. The lowest BCUT2D eigenvalue weighted by molar-refractivity contribution is 0.601. The number of nitrogens with one attached hydrogen (secondary N) is 1. The van der Waals surface area contributed by atoms with Gasteiger partial charge in [-0.25, -0.2) is 8.42 Å². The lowest BCUT2D eigenvalue weighted by Crippen LogP contribution is -2.13. The minimum absolute atomic E-state index is 0.287. The van der Waals surface area contributed by atoms with Gasteiger partial charge in [0.2, 0.25) is 0 Å². The molecule has 2 aromatic rings. The van der Waals surface area contributed by atoms with E-state index < -0.39 is 10.0 Å². The summed E-state index contributed by atoms with van der Waals surface area (Å²) in [6.07, 6.45) is 2.96. The molecule has 0 unspecified atom stereocenters. The number of benzene rings is 2. The van der Waals surface area contributed by atoms with Crippen molar-refractivity contribution < 1.29 is 8.42 Å². The summed E-state index contributed by atoms with van der Waals surface area (Å²) in [5.41, 5.74) is 1.77. The second kappa shape index (κ2) is 7.20. The highest BCUT2D eigenvalue weighted by atomic mass is 32.2. The minimum atomic E-state index is -3.56. The van der Waals surface area contributed by atoms with Gasteiger partial charge in [0, 0.05) is 4.90 Å². The zero-order valence-corrected chi connectivity index (χ0v) is 14.7. The van der Waals surface area contributed by atoms with Crippen LogP contribution in [0.3, 0.4) is 0 Å². The zero-order chi connectivity index (χ0) is 16.2. The predicted molar refractivity (Wildman–Crippen MR) is 94.2 cm³/mol. The standard InChI is InChI=1S/C17H21NO2S2/c1-4-13(2)14-9-11-15(12-10-14)22(19,20)18-16-7-5-6-8-17(16)21-3/h5-13,18H,4H2,1-3H3/t13-/m0/s1. The minimum Gasteiger partial charge on any atom is -0.278 e. The molecular weight excluding hydrogens is 314 g/mol. The Morgan fingerprint density at radius 1 is 1.09 bits per heavy atom. The predicted octanol–water partition coefficient (Wildman–Crippen LogP) is 4.72. The first-order valence-corrected chi connectivity index (χ1v) is 9.94. The molecule has 0 aromatic heterocycles. The van der Waals surface area contributed by atoms with Crippen molar-refractivity contribution in [2.45, 2.75) is 36.0 Å². The number of hydrogen-bond donors (Lipinski definition) is 1. The van der Waals surface area contributed by atoms with Gasteiger partial charge in [-0.05, 0) is 48.4 Å². The molecule has 0 aliphatic rings. The number of thioether (sulfide) groups is 1. The first kappa shape index (κ1) is 16.9. The Hall–Kier alpha value is -1.46. The van der Waals surface area contributed by atoms with Crippen LogP contribution in [0, 0.1) is 0 Å². The van der Waals surface area contributed by atoms with Crippen LogP contribution in [-0.2, 0) is 10.0 Å². The quantitative estimate of drug-likeness (QED) is 0.777. The molecule has 0 aliphatic heterocycles. The lowest BCUT2D eigenvalue weighted by Gasteiger charge is -2.13. The van der Waals surface area contributed by atoms with Crippen LogP contribution in [0.1, 0.15) is 31.7 Å². The van der Waals surface area contributed by atoms with Crippen LogP contribution in [-0.4, -0.2) is 14.7 Å². The van der Waals surface area contributed by atoms with Crippen molar-refractivity contribution in [3.63, 3.8) is 0 Å². The third-order valence-electron chi connectivity index (χ3n) is 3.72. The second-order valence-corrected chi connectivity index (χ2v) is 7.71. The molecule has 22 heavy (non-hydrogen) atoms. The van der Waals surface area contributed by atoms with Crippen LogP contribution in [0.25, 0.3) is 0 Å². The van der Waals surface area contributed by atoms with Crippen LogP contribution < -0.4 is 4.72 Å². The van der Waals surface area contributed by atoms with E-state index in [1.54, 1.807) is 18.2 Å². The summed E-state index contributed by atoms with van der Waals surface area (Å²) in [6, 6.07) is 14.5. The van der Waals surface area contributed by atoms with Gasteiger partial charge in [0.25, 0.3) is 10.0 Å². The highest BCUT2D eigenvalue weighted by molar-refractivity contribution is 7.99. The van der Waals surface area contributed by atoms with Gasteiger partial charge in [-0.1, -0.05) is 38.1 Å². The summed E-state index contributed by atoms with van der Waals surface area (Å²) in [5, 5.41) is 0. The maximum atomic E-state index is 12.5. The molecular formula is C17H21NO2S2. The van der Waals surface area contributed by atoms with Crippen LogP contribution in [0.5, 0.6) is 0 Å². The molecule has 0 fully saturated rings. The van der Waals surface area contributed by atoms with Crippen LogP contribution in [0.2, 0.25) is 0 Å². The average Bonchev–Trinajstić information content (AvgIpc) is 2.54. The van der Waals surface area contributed by atoms with Gasteiger partial charge < -0.3 is 0 Å². The van der Waals surface area contributed by atoms with E-state index >= 15 is 0 Å². The lowest BCUT2D eigenvalue weighted by atomic mass is 9.99. The smallest absolute Gasteiger partial charge is 0.261 e. The van der Waals surface area contributed by atoms with E-state index in [1.807, 2.05) is 36.6 Å². The maximum Gasteiger partial charge on any atom is 0.261 e. The molecule has 1 N–H and O–H groups in total. The van der Waals surface area contributed by atoms with Gasteiger partial charge in [0.1, 0.15) is 0 Å². The molecule has 0 saturated carbocycles. The van der Waals surface area contributed by atoms with E-state index in [-0.39, 0.29) is 4.90 Å². The maximum absolute atomic E-state index is 12.5. The van der Waals surface area contributed by atoms with Crippen molar-refractivity contribution in [2.75, 3.05) is 11.0 Å². The highest BCUT2D eigenvalue weighted by Crippen LogP contribution is 2.27. The molecule has 2 aromatic carbocycles. The first-order valence-electron chi connectivity index (χ1n) is 7.23. The van der Waals surface area contributed by atoms with E-state index in [2.05, 4.69) is 18.6 Å². The molecule has 0 heterocycles. The Labute approximate surface area is 137 Å². The van der Waals surface area contributed by atoms with Gasteiger partial charge in [0.15, 0.2) is 0 Å². The number of sulfonamides is 1. The van der Waals surface area contributed by atoms with Crippen LogP contribution in [0.15, 0.2) is 58.3 Å². The molecule has 118 valence electrons. The number of rotatable bonds is 6. The fourth-order valence-corrected chi connectivity index (χ4v) is 3.84.